The second kappa shape index (κ2) is 6.03. The van der Waals surface area contributed by atoms with Crippen molar-refractivity contribution in [3.05, 3.63) is 16.0 Å². The van der Waals surface area contributed by atoms with Crippen molar-refractivity contribution in [2.75, 3.05) is 11.9 Å². The molecule has 4 nitrogen and oxygen atoms in total. The summed E-state index contributed by atoms with van der Waals surface area (Å²) in [6.45, 7) is 6.01. The Kier molecular flexibility index (Phi) is 4.26. The molecule has 1 aromatic rings. The van der Waals surface area contributed by atoms with Gasteiger partial charge in [-0.3, -0.25) is 4.79 Å². The molecule has 120 valence electrons. The summed E-state index contributed by atoms with van der Waals surface area (Å²) in [4.78, 5) is 25.8. The number of aryl methyl sites for hydroxylation is 1. The van der Waals surface area contributed by atoms with Gasteiger partial charge in [0.05, 0.1) is 12.2 Å². The van der Waals surface area contributed by atoms with Crippen LogP contribution in [0.3, 0.4) is 0 Å². The van der Waals surface area contributed by atoms with Crippen LogP contribution < -0.4 is 5.32 Å². The molecular formula is C17H23NO3S. The van der Waals surface area contributed by atoms with E-state index in [1.54, 1.807) is 6.92 Å². The molecule has 3 rings (SSSR count). The lowest BCUT2D eigenvalue weighted by Crippen LogP contribution is -2.27. The Morgan fingerprint density at radius 1 is 1.27 bits per heavy atom. The molecule has 0 aliphatic heterocycles. The van der Waals surface area contributed by atoms with Gasteiger partial charge >= 0.3 is 5.97 Å². The van der Waals surface area contributed by atoms with Gasteiger partial charge in [0.2, 0.25) is 5.91 Å². The Labute approximate surface area is 135 Å². The highest BCUT2D eigenvalue weighted by Crippen LogP contribution is 2.48. The van der Waals surface area contributed by atoms with E-state index >= 15 is 0 Å². The maximum absolute atomic E-state index is 12.6. The van der Waals surface area contributed by atoms with E-state index in [9.17, 15) is 9.59 Å². The van der Waals surface area contributed by atoms with Crippen molar-refractivity contribution >= 4 is 28.2 Å². The van der Waals surface area contributed by atoms with Gasteiger partial charge in [-0.2, -0.15) is 0 Å². The largest absolute Gasteiger partial charge is 0.462 e. The average Bonchev–Trinajstić information content (AvgIpc) is 3.15. The summed E-state index contributed by atoms with van der Waals surface area (Å²) in [6, 6.07) is 0. The molecule has 2 aliphatic carbocycles. The summed E-state index contributed by atoms with van der Waals surface area (Å²) in [5.74, 6) is 1.14. The Balaban J connectivity index is 1.78. The highest BCUT2D eigenvalue weighted by Gasteiger charge is 2.43. The van der Waals surface area contributed by atoms with Crippen molar-refractivity contribution in [2.24, 2.45) is 17.8 Å². The fourth-order valence-electron chi connectivity index (χ4n) is 3.93. The van der Waals surface area contributed by atoms with Gasteiger partial charge in [0.1, 0.15) is 5.00 Å². The molecule has 2 bridgehead atoms. The van der Waals surface area contributed by atoms with Crippen molar-refractivity contribution in [2.45, 2.75) is 46.5 Å². The van der Waals surface area contributed by atoms with Crippen molar-refractivity contribution < 1.29 is 14.3 Å². The first-order chi connectivity index (χ1) is 10.5. The second-order valence-electron chi connectivity index (χ2n) is 6.48. The van der Waals surface area contributed by atoms with Gasteiger partial charge in [-0.25, -0.2) is 4.79 Å². The summed E-state index contributed by atoms with van der Waals surface area (Å²) in [5, 5.41) is 3.67. The number of carbonyl (C=O) groups is 2. The van der Waals surface area contributed by atoms with Crippen LogP contribution in [0, 0.1) is 31.6 Å². The highest BCUT2D eigenvalue weighted by molar-refractivity contribution is 7.16. The first-order valence-corrected chi connectivity index (χ1v) is 8.90. The number of nitrogens with one attached hydrogen (secondary N) is 1. The number of thiophene rings is 1. The number of rotatable bonds is 4. The van der Waals surface area contributed by atoms with Crippen LogP contribution in [0.5, 0.6) is 0 Å². The lowest BCUT2D eigenvalue weighted by atomic mass is 9.88. The fraction of sp³-hybridized carbons (Fsp3) is 0.647. The normalized spacial score (nSPS) is 26.2. The van der Waals surface area contributed by atoms with Gasteiger partial charge < -0.3 is 10.1 Å². The van der Waals surface area contributed by atoms with E-state index < -0.39 is 0 Å². The Hall–Kier alpha value is -1.36. The number of amides is 1. The number of esters is 1. The number of hydrogen-bond acceptors (Lipinski definition) is 4. The third kappa shape index (κ3) is 2.67. The van der Waals surface area contributed by atoms with E-state index in [-0.39, 0.29) is 17.8 Å². The molecule has 22 heavy (non-hydrogen) atoms. The van der Waals surface area contributed by atoms with E-state index in [1.165, 1.54) is 30.6 Å². The van der Waals surface area contributed by atoms with Gasteiger partial charge in [-0.05, 0) is 57.4 Å². The molecule has 0 radical (unpaired) electrons. The molecule has 2 fully saturated rings. The van der Waals surface area contributed by atoms with Crippen molar-refractivity contribution in [1.29, 1.82) is 0 Å². The maximum Gasteiger partial charge on any atom is 0.341 e. The van der Waals surface area contributed by atoms with Crippen molar-refractivity contribution in [1.82, 2.24) is 0 Å². The van der Waals surface area contributed by atoms with E-state index in [0.717, 1.165) is 22.8 Å². The van der Waals surface area contributed by atoms with Crippen LogP contribution in [-0.4, -0.2) is 18.5 Å². The van der Waals surface area contributed by atoms with E-state index in [0.29, 0.717) is 23.1 Å². The predicted molar refractivity (Wildman–Crippen MR) is 87.3 cm³/mol. The molecule has 0 unspecified atom stereocenters. The monoisotopic (exact) mass is 321 g/mol. The van der Waals surface area contributed by atoms with Gasteiger partial charge in [0, 0.05) is 10.8 Å². The molecule has 1 N–H and O–H groups in total. The number of ether oxygens (including phenoxy) is 1. The summed E-state index contributed by atoms with van der Waals surface area (Å²) in [5.41, 5.74) is 1.44. The molecule has 0 saturated heterocycles. The molecule has 3 atom stereocenters. The summed E-state index contributed by atoms with van der Waals surface area (Å²) in [7, 11) is 0. The second-order valence-corrected chi connectivity index (χ2v) is 7.70. The lowest BCUT2D eigenvalue weighted by Gasteiger charge is -2.20. The maximum atomic E-state index is 12.6. The average molecular weight is 321 g/mol. The molecule has 1 heterocycles. The molecule has 1 aromatic heterocycles. The minimum absolute atomic E-state index is 0.0824. The topological polar surface area (TPSA) is 55.4 Å². The summed E-state index contributed by atoms with van der Waals surface area (Å²) < 4.78 is 5.14. The van der Waals surface area contributed by atoms with Crippen LogP contribution in [0.15, 0.2) is 0 Å². The Bertz CT molecular complexity index is 607. The first-order valence-electron chi connectivity index (χ1n) is 8.09. The first kappa shape index (κ1) is 15.5. The smallest absolute Gasteiger partial charge is 0.341 e. The molecule has 2 aliphatic rings. The zero-order valence-electron chi connectivity index (χ0n) is 13.4. The van der Waals surface area contributed by atoms with Gasteiger partial charge in [-0.1, -0.05) is 6.42 Å². The van der Waals surface area contributed by atoms with Crippen LogP contribution in [0.4, 0.5) is 5.00 Å². The molecular weight excluding hydrogens is 298 g/mol. The van der Waals surface area contributed by atoms with Gasteiger partial charge in [0.25, 0.3) is 0 Å². The highest BCUT2D eigenvalue weighted by atomic mass is 32.1. The molecule has 0 spiro atoms. The predicted octanol–water partition coefficient (Wildman–Crippen LogP) is 3.92. The number of hydrogen-bond donors (Lipinski definition) is 1. The fourth-order valence-corrected chi connectivity index (χ4v) is 4.99. The zero-order chi connectivity index (χ0) is 15.9. The third-order valence-corrected chi connectivity index (χ3v) is 6.30. The Morgan fingerprint density at radius 2 is 2.05 bits per heavy atom. The quantitative estimate of drug-likeness (QED) is 0.855. The Morgan fingerprint density at radius 3 is 2.64 bits per heavy atom. The lowest BCUT2D eigenvalue weighted by molar-refractivity contribution is -0.121. The van der Waals surface area contributed by atoms with Gasteiger partial charge in [0.15, 0.2) is 0 Å². The van der Waals surface area contributed by atoms with E-state index in [1.807, 2.05) is 13.8 Å². The van der Waals surface area contributed by atoms with Crippen molar-refractivity contribution in [3.63, 3.8) is 0 Å². The van der Waals surface area contributed by atoms with E-state index in [4.69, 9.17) is 4.74 Å². The summed E-state index contributed by atoms with van der Waals surface area (Å²) >= 11 is 1.47. The third-order valence-electron chi connectivity index (χ3n) is 5.18. The van der Waals surface area contributed by atoms with Crippen LogP contribution in [0.1, 0.15) is 53.4 Å². The van der Waals surface area contributed by atoms with E-state index in [2.05, 4.69) is 5.32 Å². The number of anilines is 1. The van der Waals surface area contributed by atoms with Crippen LogP contribution >= 0.6 is 11.3 Å². The molecule has 5 heteroatoms. The van der Waals surface area contributed by atoms with Crippen LogP contribution in [-0.2, 0) is 9.53 Å². The number of carbonyl (C=O) groups excluding carboxylic acids is 2. The SMILES string of the molecule is CCOC(=O)c1c(NC(=O)[C@@H]2C[C@@H]3CC[C@@H]2C3)sc(C)c1C. The zero-order valence-corrected chi connectivity index (χ0v) is 14.2. The van der Waals surface area contributed by atoms with Crippen molar-refractivity contribution in [3.8, 4) is 0 Å². The molecule has 0 aromatic carbocycles. The van der Waals surface area contributed by atoms with Crippen LogP contribution in [0.2, 0.25) is 0 Å². The number of fused-ring (bicyclic) bond motifs is 2. The summed E-state index contributed by atoms with van der Waals surface area (Å²) in [6.07, 6.45) is 4.66. The van der Waals surface area contributed by atoms with Crippen LogP contribution in [0.25, 0.3) is 0 Å². The van der Waals surface area contributed by atoms with Gasteiger partial charge in [-0.15, -0.1) is 11.3 Å². The molecule has 2 saturated carbocycles. The minimum atomic E-state index is -0.340. The standard InChI is InChI=1S/C17H23NO3S/c1-4-21-17(20)14-9(2)10(3)22-16(14)18-15(19)13-8-11-5-6-12(13)7-11/h11-13H,4-8H2,1-3H3,(H,18,19)/t11-,12-,13-/m1/s1. The minimum Gasteiger partial charge on any atom is -0.462 e. The molecule has 1 amide bonds.